The van der Waals surface area contributed by atoms with Crippen molar-refractivity contribution < 1.29 is 43.9 Å². The lowest BCUT2D eigenvalue weighted by molar-refractivity contribution is -0.147. The van der Waals surface area contributed by atoms with Crippen LogP contribution in [0.5, 0.6) is 17.2 Å². The number of phenols is 3. The molecule has 0 amide bonds. The molecule has 0 spiro atoms. The molecule has 0 aliphatic rings. The number of hydrogen-bond donors (Lipinski definition) is 3. The van der Waals surface area contributed by atoms with Crippen LogP contribution in [0.1, 0.15) is 187 Å². The third-order valence-electron chi connectivity index (χ3n) is 11.6. The molecule has 0 saturated carbocycles. The summed E-state index contributed by atoms with van der Waals surface area (Å²) in [7, 11) is 0. The molecule has 0 radical (unpaired) electrons. The lowest BCUT2D eigenvalue weighted by Crippen LogP contribution is -2.55. The van der Waals surface area contributed by atoms with E-state index < -0.39 is 78.8 Å². The topological polar surface area (TPSA) is 206 Å². The summed E-state index contributed by atoms with van der Waals surface area (Å²) in [6.45, 7) is 32.9. The number of ether oxygens (including phenoxy) is 3. The van der Waals surface area contributed by atoms with E-state index in [9.17, 15) is 44.1 Å². The Labute approximate surface area is 433 Å². The van der Waals surface area contributed by atoms with E-state index in [0.717, 1.165) is 22.3 Å². The summed E-state index contributed by atoms with van der Waals surface area (Å²) in [6, 6.07) is 10.7. The molecule has 4 rings (SSSR count). The predicted octanol–water partition coefficient (Wildman–Crippen LogP) is 10.0. The molecule has 0 bridgehead atoms. The van der Waals surface area contributed by atoms with E-state index in [2.05, 4.69) is 27.7 Å². The van der Waals surface area contributed by atoms with Crippen molar-refractivity contribution in [3.63, 3.8) is 0 Å². The summed E-state index contributed by atoms with van der Waals surface area (Å²) in [6.07, 6.45) is 2.77. The number of esters is 3. The van der Waals surface area contributed by atoms with Crippen LogP contribution in [0.25, 0.3) is 0 Å². The van der Waals surface area contributed by atoms with Crippen molar-refractivity contribution in [2.24, 2.45) is 0 Å². The number of aromatic nitrogens is 3. The Bertz CT molecular complexity index is 2550. The molecule has 0 aliphatic carbocycles. The van der Waals surface area contributed by atoms with Gasteiger partial charge in [0.2, 0.25) is 0 Å². The second-order valence-corrected chi connectivity index (χ2v) is 22.9. The summed E-state index contributed by atoms with van der Waals surface area (Å²) >= 11 is 0. The molecule has 3 aromatic carbocycles. The highest BCUT2D eigenvalue weighted by atomic mass is 16.5. The average Bonchev–Trinajstić information content (AvgIpc) is 3.26. The quantitative estimate of drug-likeness (QED) is 0.0708. The maximum Gasteiger partial charge on any atom is 0.339 e. The van der Waals surface area contributed by atoms with Gasteiger partial charge in [-0.15, -0.1) is 0 Å². The lowest BCUT2D eigenvalue weighted by atomic mass is 9.78. The van der Waals surface area contributed by atoms with Crippen LogP contribution in [0.2, 0.25) is 0 Å². The Morgan fingerprint density at radius 3 is 1.08 bits per heavy atom. The number of carbonyl (C=O) groups excluding carboxylic acids is 3. The van der Waals surface area contributed by atoms with Crippen LogP contribution in [0.3, 0.4) is 0 Å². The second kappa shape index (κ2) is 26.7. The van der Waals surface area contributed by atoms with Crippen LogP contribution < -0.4 is 17.1 Å². The van der Waals surface area contributed by atoms with E-state index in [0.29, 0.717) is 54.4 Å². The van der Waals surface area contributed by atoms with Gasteiger partial charge >= 0.3 is 35.0 Å². The average molecular weight is 1020 g/mol. The predicted molar refractivity (Wildman–Crippen MR) is 288 cm³/mol. The fourth-order valence-corrected chi connectivity index (χ4v) is 7.75. The zero-order chi connectivity index (χ0) is 56.0. The van der Waals surface area contributed by atoms with Crippen LogP contribution in [0, 0.1) is 13.8 Å². The van der Waals surface area contributed by atoms with Crippen LogP contribution in [-0.2, 0) is 89.3 Å². The Morgan fingerprint density at radius 1 is 0.452 bits per heavy atom. The van der Waals surface area contributed by atoms with Gasteiger partial charge in [-0.2, -0.15) is 0 Å². The van der Waals surface area contributed by atoms with Crippen molar-refractivity contribution >= 4 is 17.9 Å². The standard InChI is InChI=1S/C52H71N3O12.2C3H8/c1-31-23-33(25-36(43(31)59)49(3,4)5)15-17-40(56)65-21-19-53-46(62)54(20-22-66-41(57)18-16-34-24-32(2)44(60)37(26-34)50(6,7)8)48(64)55(47(53)63)30-67-42(58)29-35-27-38(51(9,10)11)45(61)39(28-35)52(12,13)14;2*1-3-2/h23-28,59-61H,15-22,29-30H2,1-14H3;2*3H2,1-2H3. The molecule has 15 heteroatoms. The SMILES string of the molecule is CCC.CCC.Cc1cc(CCC(=O)OCCn2c(=O)n(CCOC(=O)CCc3cc(C)c(O)c(C(C)(C)C)c3)c(=O)n(COC(=O)Cc3cc(C(C)(C)C)c(O)c(C(C)(C)C)c3)c2=O)cc(C(C)(C)C)c1O. The number of benzene rings is 3. The van der Waals surface area contributed by atoms with Gasteiger partial charge in [-0.25, -0.2) is 28.1 Å². The first kappa shape index (κ1) is 63.0. The zero-order valence-electron chi connectivity index (χ0n) is 47.3. The van der Waals surface area contributed by atoms with E-state index in [1.54, 1.807) is 38.1 Å². The van der Waals surface area contributed by atoms with Crippen LogP contribution in [-0.4, -0.2) is 60.1 Å². The zero-order valence-corrected chi connectivity index (χ0v) is 47.3. The Morgan fingerprint density at radius 2 is 0.753 bits per heavy atom. The van der Waals surface area contributed by atoms with Gasteiger partial charge in [0, 0.05) is 12.8 Å². The molecule has 4 aromatic rings. The normalized spacial score (nSPS) is 11.8. The molecular weight excluding hydrogens is 931 g/mol. The van der Waals surface area contributed by atoms with E-state index in [1.165, 1.54) is 12.8 Å². The van der Waals surface area contributed by atoms with Crippen molar-refractivity contribution in [3.05, 3.63) is 118 Å². The maximum atomic E-state index is 13.8. The molecule has 3 N–H and O–H groups in total. The van der Waals surface area contributed by atoms with Crippen molar-refractivity contribution in [2.75, 3.05) is 13.2 Å². The minimum atomic E-state index is -1.12. The summed E-state index contributed by atoms with van der Waals surface area (Å²) in [4.78, 5) is 80.6. The Kier molecular flexibility index (Phi) is 23.1. The highest BCUT2D eigenvalue weighted by molar-refractivity contribution is 5.73. The van der Waals surface area contributed by atoms with Gasteiger partial charge in [0.05, 0.1) is 19.5 Å². The van der Waals surface area contributed by atoms with E-state index >= 15 is 0 Å². The molecule has 0 saturated heterocycles. The number of nitrogens with zero attached hydrogens (tertiary/aromatic N) is 3. The number of aromatic hydroxyl groups is 3. The smallest absolute Gasteiger partial charge is 0.339 e. The van der Waals surface area contributed by atoms with Gasteiger partial charge in [-0.3, -0.25) is 14.4 Å². The number of rotatable bonds is 16. The highest BCUT2D eigenvalue weighted by Gasteiger charge is 2.28. The van der Waals surface area contributed by atoms with Gasteiger partial charge in [-0.05, 0) is 98.4 Å². The van der Waals surface area contributed by atoms with Crippen molar-refractivity contribution in [2.45, 2.75) is 211 Å². The fourth-order valence-electron chi connectivity index (χ4n) is 7.75. The second-order valence-electron chi connectivity index (χ2n) is 22.9. The lowest BCUT2D eigenvalue weighted by Gasteiger charge is -2.28. The number of phenolic OH excluding ortho intramolecular Hbond substituents is 3. The van der Waals surface area contributed by atoms with E-state index in [4.69, 9.17) is 14.2 Å². The molecule has 0 aliphatic heterocycles. The van der Waals surface area contributed by atoms with E-state index in [1.807, 2.05) is 95.2 Å². The number of carbonyl (C=O) groups is 3. The Hall–Kier alpha value is -6.12. The molecule has 1 aromatic heterocycles. The van der Waals surface area contributed by atoms with E-state index in [-0.39, 0.29) is 47.3 Å². The molecular formula is C58H87N3O12. The monoisotopic (exact) mass is 1020 g/mol. The summed E-state index contributed by atoms with van der Waals surface area (Å²) in [5.74, 6) is -1.49. The van der Waals surface area contributed by atoms with Crippen LogP contribution in [0.4, 0.5) is 0 Å². The summed E-state index contributed by atoms with van der Waals surface area (Å²) in [5, 5.41) is 32.4. The van der Waals surface area contributed by atoms with Crippen molar-refractivity contribution in [3.8, 4) is 17.2 Å². The summed E-state index contributed by atoms with van der Waals surface area (Å²) < 4.78 is 18.3. The highest BCUT2D eigenvalue weighted by Crippen LogP contribution is 2.40. The number of hydrogen-bond acceptors (Lipinski definition) is 12. The van der Waals surface area contributed by atoms with Gasteiger partial charge in [0.25, 0.3) is 0 Å². The van der Waals surface area contributed by atoms with Crippen LogP contribution >= 0.6 is 0 Å². The van der Waals surface area contributed by atoms with Crippen molar-refractivity contribution in [1.82, 2.24) is 13.7 Å². The Balaban J connectivity index is 0.00000289. The van der Waals surface area contributed by atoms with Gasteiger partial charge in [-0.1, -0.05) is 160 Å². The minimum Gasteiger partial charge on any atom is -0.507 e. The molecule has 406 valence electrons. The first-order valence-electron chi connectivity index (χ1n) is 25.6. The third-order valence-corrected chi connectivity index (χ3v) is 11.6. The molecule has 0 atom stereocenters. The molecule has 1 heterocycles. The summed E-state index contributed by atoms with van der Waals surface area (Å²) in [5.41, 5.74) is 1.36. The van der Waals surface area contributed by atoms with Crippen LogP contribution in [0.15, 0.2) is 50.8 Å². The van der Waals surface area contributed by atoms with Gasteiger partial charge in [0.15, 0.2) is 6.73 Å². The molecule has 0 unspecified atom stereocenters. The maximum absolute atomic E-state index is 13.8. The van der Waals surface area contributed by atoms with Gasteiger partial charge in [0.1, 0.15) is 30.5 Å². The molecule has 15 nitrogen and oxygen atoms in total. The van der Waals surface area contributed by atoms with Gasteiger partial charge < -0.3 is 29.5 Å². The van der Waals surface area contributed by atoms with Crippen molar-refractivity contribution in [1.29, 1.82) is 0 Å². The molecule has 73 heavy (non-hydrogen) atoms. The minimum absolute atomic E-state index is 0.0344. The first-order chi connectivity index (χ1) is 33.6. The third kappa shape index (κ3) is 18.4. The number of aryl methyl sites for hydroxylation is 4. The fraction of sp³-hybridized carbons (Fsp3) is 0.586. The molecule has 0 fully saturated rings. The largest absolute Gasteiger partial charge is 0.507 e. The first-order valence-corrected chi connectivity index (χ1v) is 25.6.